The first kappa shape index (κ1) is 37.2. The van der Waals surface area contributed by atoms with E-state index in [0.717, 1.165) is 36.8 Å². The molecule has 12 nitrogen and oxygen atoms in total. The fraction of sp³-hybridized carbons (Fsp3) is 0.516. The van der Waals surface area contributed by atoms with Crippen molar-refractivity contribution in [1.29, 1.82) is 0 Å². The van der Waals surface area contributed by atoms with Crippen molar-refractivity contribution < 1.29 is 32.7 Å². The molecule has 2 aromatic heterocycles. The third-order valence-electron chi connectivity index (χ3n) is 8.47. The molecule has 3 aromatic rings. The normalized spacial score (nSPS) is 16.1. The van der Waals surface area contributed by atoms with Crippen LogP contribution < -0.4 is 10.6 Å². The highest BCUT2D eigenvalue weighted by atomic mass is 35.5. The molecule has 0 unspecified atom stereocenters. The molecule has 17 heteroatoms. The molecule has 2 aliphatic heterocycles. The molecular formula is C31H39Cl2F3N8O4. The fourth-order valence-electron chi connectivity index (χ4n) is 5.77. The van der Waals surface area contributed by atoms with Gasteiger partial charge in [0.2, 0.25) is 5.91 Å². The second-order valence-electron chi connectivity index (χ2n) is 12.5. The van der Waals surface area contributed by atoms with Gasteiger partial charge in [-0.1, -0.05) is 11.6 Å². The van der Waals surface area contributed by atoms with Crippen molar-refractivity contribution in [3.8, 4) is 11.3 Å². The number of nitrogens with one attached hydrogen (secondary N) is 2. The number of hydrogen-bond acceptors (Lipinski definition) is 7. The van der Waals surface area contributed by atoms with E-state index < -0.39 is 23.4 Å². The maximum atomic E-state index is 13.9. The smallest absolute Gasteiger partial charge is 0.390 e. The van der Waals surface area contributed by atoms with Gasteiger partial charge in [0, 0.05) is 57.6 Å². The molecule has 3 amide bonds. The van der Waals surface area contributed by atoms with Crippen LogP contribution in [-0.2, 0) is 24.6 Å². The number of anilines is 1. The molecule has 2 aliphatic rings. The number of halogens is 5. The Morgan fingerprint density at radius 3 is 2.33 bits per heavy atom. The number of imidazole rings is 1. The zero-order valence-corrected chi connectivity index (χ0v) is 28.4. The second kappa shape index (κ2) is 14.8. The minimum Gasteiger partial charge on any atom is -0.390 e. The number of aryl methyl sites for hydroxylation is 1. The number of piperazine rings is 1. The summed E-state index contributed by atoms with van der Waals surface area (Å²) in [6, 6.07) is 4.42. The van der Waals surface area contributed by atoms with Gasteiger partial charge in [-0.05, 0) is 64.4 Å². The lowest BCUT2D eigenvalue weighted by atomic mass is 9.96. The summed E-state index contributed by atoms with van der Waals surface area (Å²) in [4.78, 5) is 46.8. The van der Waals surface area contributed by atoms with Gasteiger partial charge in [-0.3, -0.25) is 19.1 Å². The summed E-state index contributed by atoms with van der Waals surface area (Å²) < 4.78 is 44.0. The quantitative estimate of drug-likeness (QED) is 0.320. The van der Waals surface area contributed by atoms with Gasteiger partial charge in [0.25, 0.3) is 11.8 Å². The minimum atomic E-state index is -4.77. The predicted molar refractivity (Wildman–Crippen MR) is 175 cm³/mol. The Kier molecular flexibility index (Phi) is 11.5. The molecule has 48 heavy (non-hydrogen) atoms. The lowest BCUT2D eigenvalue weighted by molar-refractivity contribution is -0.141. The summed E-state index contributed by atoms with van der Waals surface area (Å²) in [5.41, 5.74) is -1.97. The number of carbonyl (C=O) groups is 3. The standard InChI is InChI=1S/C31H38ClF3N8O4.ClH/c1-30(2,47)8-11-43-18-22(25(39-43)31(33,34)35)24-17-37-26(40(24)3)27(44)38-20-4-5-21(23(32)16-20)29(46)42-14-12-41(13-15-42)28(45)19-6-9-36-10-7-19;/h4-5,16-19,36,47H,6-15H2,1-3H3,(H,38,44);1H. The Morgan fingerprint density at radius 2 is 1.73 bits per heavy atom. The van der Waals surface area contributed by atoms with Crippen LogP contribution in [0.25, 0.3) is 11.3 Å². The van der Waals surface area contributed by atoms with Crippen LogP contribution in [0, 0.1) is 5.92 Å². The van der Waals surface area contributed by atoms with Crippen molar-refractivity contribution in [1.82, 2.24) is 34.4 Å². The molecule has 0 aliphatic carbocycles. The van der Waals surface area contributed by atoms with Gasteiger partial charge in [0.1, 0.15) is 0 Å². The number of alkyl halides is 3. The van der Waals surface area contributed by atoms with Crippen molar-refractivity contribution in [2.75, 3.05) is 44.6 Å². The molecule has 5 rings (SSSR count). The maximum Gasteiger partial charge on any atom is 0.435 e. The largest absolute Gasteiger partial charge is 0.435 e. The number of aromatic nitrogens is 4. The van der Waals surface area contributed by atoms with Gasteiger partial charge >= 0.3 is 6.18 Å². The van der Waals surface area contributed by atoms with Crippen molar-refractivity contribution in [3.05, 3.63) is 52.7 Å². The molecule has 2 saturated heterocycles. The molecule has 262 valence electrons. The molecule has 0 bridgehead atoms. The molecule has 4 heterocycles. The van der Waals surface area contributed by atoms with Crippen LogP contribution >= 0.6 is 24.0 Å². The van der Waals surface area contributed by atoms with Crippen molar-refractivity contribution in [3.63, 3.8) is 0 Å². The summed E-state index contributed by atoms with van der Waals surface area (Å²) in [7, 11) is 1.42. The van der Waals surface area contributed by atoms with Crippen molar-refractivity contribution in [2.45, 2.75) is 51.4 Å². The van der Waals surface area contributed by atoms with Gasteiger partial charge < -0.3 is 30.1 Å². The number of carbonyl (C=O) groups excluding carboxylic acids is 3. The van der Waals surface area contributed by atoms with Gasteiger partial charge in [-0.2, -0.15) is 18.3 Å². The van der Waals surface area contributed by atoms with E-state index in [9.17, 15) is 32.7 Å². The van der Waals surface area contributed by atoms with Crippen LogP contribution in [0.3, 0.4) is 0 Å². The first-order chi connectivity index (χ1) is 22.1. The highest BCUT2D eigenvalue weighted by Crippen LogP contribution is 2.36. The van der Waals surface area contributed by atoms with Gasteiger partial charge in [-0.15, -0.1) is 12.4 Å². The fourth-order valence-corrected chi connectivity index (χ4v) is 6.03. The third-order valence-corrected chi connectivity index (χ3v) is 8.79. The van der Waals surface area contributed by atoms with E-state index in [-0.39, 0.29) is 76.5 Å². The minimum absolute atomic E-state index is 0. The Labute approximate surface area is 287 Å². The zero-order valence-electron chi connectivity index (χ0n) is 26.8. The number of hydrogen-bond donors (Lipinski definition) is 3. The van der Waals surface area contributed by atoms with Crippen LogP contribution in [0.1, 0.15) is 59.8 Å². The monoisotopic (exact) mass is 714 g/mol. The molecule has 0 spiro atoms. The SMILES string of the molecule is Cl.Cn1c(-c2cn(CCC(C)(C)O)nc2C(F)(F)F)cnc1C(=O)Nc1ccc(C(=O)N2CCN(C(=O)C3CCNCC3)CC2)c(Cl)c1. The average Bonchev–Trinajstić information content (AvgIpc) is 3.63. The van der Waals surface area contributed by atoms with E-state index in [0.29, 0.717) is 26.2 Å². The number of benzene rings is 1. The Morgan fingerprint density at radius 1 is 1.08 bits per heavy atom. The lowest BCUT2D eigenvalue weighted by Gasteiger charge is -2.37. The summed E-state index contributed by atoms with van der Waals surface area (Å²) in [5, 5.41) is 19.7. The van der Waals surface area contributed by atoms with Crippen LogP contribution in [0.5, 0.6) is 0 Å². The lowest BCUT2D eigenvalue weighted by Crippen LogP contribution is -2.52. The van der Waals surface area contributed by atoms with E-state index in [1.54, 1.807) is 18.7 Å². The highest BCUT2D eigenvalue weighted by Gasteiger charge is 2.39. The van der Waals surface area contributed by atoms with Crippen LogP contribution in [0.2, 0.25) is 5.02 Å². The van der Waals surface area contributed by atoms with E-state index in [1.807, 2.05) is 4.90 Å². The predicted octanol–water partition coefficient (Wildman–Crippen LogP) is 4.07. The van der Waals surface area contributed by atoms with E-state index in [2.05, 4.69) is 20.7 Å². The van der Waals surface area contributed by atoms with E-state index in [1.165, 1.54) is 36.0 Å². The number of amides is 3. The molecular weight excluding hydrogens is 676 g/mol. The molecule has 0 radical (unpaired) electrons. The summed E-state index contributed by atoms with van der Waals surface area (Å²) in [5.74, 6) is -1.01. The molecule has 0 saturated carbocycles. The first-order valence-electron chi connectivity index (χ1n) is 15.4. The molecule has 3 N–H and O–H groups in total. The van der Waals surface area contributed by atoms with E-state index >= 15 is 0 Å². The Balaban J connectivity index is 0.00000520. The van der Waals surface area contributed by atoms with Crippen LogP contribution in [0.15, 0.2) is 30.6 Å². The van der Waals surface area contributed by atoms with Gasteiger partial charge in [0.15, 0.2) is 11.5 Å². The van der Waals surface area contributed by atoms with Crippen molar-refractivity contribution >= 4 is 47.4 Å². The average molecular weight is 716 g/mol. The number of aliphatic hydroxyl groups is 1. The highest BCUT2D eigenvalue weighted by molar-refractivity contribution is 6.34. The van der Waals surface area contributed by atoms with Crippen LogP contribution in [-0.4, -0.2) is 96.8 Å². The van der Waals surface area contributed by atoms with Crippen molar-refractivity contribution in [2.24, 2.45) is 13.0 Å². The Hall–Kier alpha value is -3.66. The second-order valence-corrected chi connectivity index (χ2v) is 12.9. The molecule has 2 fully saturated rings. The van der Waals surface area contributed by atoms with Crippen LogP contribution in [0.4, 0.5) is 18.9 Å². The summed E-state index contributed by atoms with van der Waals surface area (Å²) in [6.45, 7) is 6.44. The number of nitrogens with zero attached hydrogens (tertiary/aromatic N) is 6. The number of piperidine rings is 1. The first-order valence-corrected chi connectivity index (χ1v) is 15.8. The molecule has 1 aromatic carbocycles. The maximum absolute atomic E-state index is 13.9. The topological polar surface area (TPSA) is 138 Å². The molecule has 0 atom stereocenters. The third kappa shape index (κ3) is 8.49. The summed E-state index contributed by atoms with van der Waals surface area (Å²) >= 11 is 6.46. The van der Waals surface area contributed by atoms with Gasteiger partial charge in [-0.25, -0.2) is 4.98 Å². The summed E-state index contributed by atoms with van der Waals surface area (Å²) in [6.07, 6.45) is -0.588. The number of rotatable bonds is 8. The van der Waals surface area contributed by atoms with E-state index in [4.69, 9.17) is 11.6 Å². The zero-order chi connectivity index (χ0) is 34.1. The Bertz CT molecular complexity index is 1640. The van der Waals surface area contributed by atoms with Gasteiger partial charge in [0.05, 0.1) is 33.6 Å².